The van der Waals surface area contributed by atoms with Crippen molar-refractivity contribution in [2.24, 2.45) is 0 Å². The molecule has 5 aromatic heterocycles. The van der Waals surface area contributed by atoms with Crippen LogP contribution in [0.5, 0.6) is 0 Å². The number of aromatic nitrogens is 6. The lowest BCUT2D eigenvalue weighted by Crippen LogP contribution is -2.08. The van der Waals surface area contributed by atoms with Gasteiger partial charge in [0.05, 0.1) is 63.5 Å². The number of fused-ring (bicyclic) bond motifs is 6. The Kier molecular flexibility index (Phi) is 6.42. The highest BCUT2D eigenvalue weighted by atomic mass is 15.1. The zero-order valence-electron chi connectivity index (χ0n) is 31.6. The van der Waals surface area contributed by atoms with E-state index in [2.05, 4.69) is 97.8 Å². The van der Waals surface area contributed by atoms with E-state index in [0.717, 1.165) is 104 Å². The molecule has 0 saturated carbocycles. The molecule has 0 aliphatic carbocycles. The molecule has 0 saturated heterocycles. The fourth-order valence-corrected chi connectivity index (χ4v) is 10.1. The zero-order chi connectivity index (χ0) is 39.6. The number of hydrogen-bond donors (Lipinski definition) is 0. The monoisotopic (exact) mass is 762 g/mol. The Morgan fingerprint density at radius 3 is 1.60 bits per heavy atom. The third kappa shape index (κ3) is 4.01. The fraction of sp³-hybridized carbons (Fsp3) is 0. The molecule has 0 amide bonds. The van der Waals surface area contributed by atoms with E-state index in [1.807, 2.05) is 79.5 Å². The van der Waals surface area contributed by atoms with Crippen LogP contribution in [0, 0.1) is 17.9 Å². The molecule has 8 aromatic carbocycles. The minimum absolute atomic E-state index is 0.362. The Hall–Kier alpha value is -8.72. The van der Waals surface area contributed by atoms with Gasteiger partial charge in [-0.2, -0.15) is 5.26 Å². The molecule has 0 spiro atoms. The van der Waals surface area contributed by atoms with Crippen molar-refractivity contribution >= 4 is 92.5 Å². The van der Waals surface area contributed by atoms with Gasteiger partial charge in [-0.05, 0) is 39.4 Å². The first-order valence-corrected chi connectivity index (χ1v) is 19.6. The molecule has 0 bridgehead atoms. The Morgan fingerprint density at radius 1 is 0.467 bits per heavy atom. The molecule has 0 fully saturated rings. The SMILES string of the molecule is [C-]#[N+]c1c(-c2ccccc2)c(C#N)c(-n2c3cccc4c5cncnc5c5cccc2c5c43)c(-c2ccccc2)c1-n1c2cncc3c4ccccc4c4cncc1c4c32. The van der Waals surface area contributed by atoms with Crippen LogP contribution >= 0.6 is 0 Å². The largest absolute Gasteiger partial charge is 0.315 e. The quantitative estimate of drug-likeness (QED) is 0.132. The number of pyridine rings is 2. The molecule has 0 aliphatic rings. The zero-order valence-corrected chi connectivity index (χ0v) is 31.6. The summed E-state index contributed by atoms with van der Waals surface area (Å²) in [5.41, 5.74) is 9.45. The van der Waals surface area contributed by atoms with Gasteiger partial charge in [0.15, 0.2) is 0 Å². The molecule has 8 heteroatoms. The maximum absolute atomic E-state index is 11.7. The van der Waals surface area contributed by atoms with Crippen LogP contribution in [0.1, 0.15) is 5.56 Å². The predicted octanol–water partition coefficient (Wildman–Crippen LogP) is 12.7. The summed E-state index contributed by atoms with van der Waals surface area (Å²) in [6.45, 7) is 9.12. The van der Waals surface area contributed by atoms with Gasteiger partial charge in [0.25, 0.3) is 0 Å². The third-order valence-electron chi connectivity index (χ3n) is 12.4. The Morgan fingerprint density at radius 2 is 0.983 bits per heavy atom. The van der Waals surface area contributed by atoms with Crippen LogP contribution < -0.4 is 0 Å². The molecule has 13 aromatic rings. The molecular weight excluding hydrogens is 737 g/mol. The van der Waals surface area contributed by atoms with Crippen LogP contribution in [-0.2, 0) is 0 Å². The fourth-order valence-electron chi connectivity index (χ4n) is 10.1. The smallest absolute Gasteiger partial charge is 0.220 e. The van der Waals surface area contributed by atoms with Crippen molar-refractivity contribution in [3.63, 3.8) is 0 Å². The number of benzene rings is 8. The number of nitrogens with zero attached hydrogens (tertiary/aromatic N) is 8. The van der Waals surface area contributed by atoms with Gasteiger partial charge in [-0.3, -0.25) is 9.97 Å². The normalized spacial score (nSPS) is 12.0. The molecule has 274 valence electrons. The maximum Gasteiger partial charge on any atom is 0.220 e. The van der Waals surface area contributed by atoms with Gasteiger partial charge in [-0.1, -0.05) is 109 Å². The molecule has 0 aliphatic heterocycles. The van der Waals surface area contributed by atoms with Crippen molar-refractivity contribution in [3.05, 3.63) is 176 Å². The minimum atomic E-state index is 0.362. The molecule has 8 nitrogen and oxygen atoms in total. The lowest BCUT2D eigenvalue weighted by atomic mass is 9.88. The first-order valence-electron chi connectivity index (χ1n) is 19.6. The van der Waals surface area contributed by atoms with Gasteiger partial charge in [-0.25, -0.2) is 14.8 Å². The summed E-state index contributed by atoms with van der Waals surface area (Å²) in [6, 6.07) is 43.7. The maximum atomic E-state index is 11.7. The van der Waals surface area contributed by atoms with Gasteiger partial charge in [0.1, 0.15) is 12.4 Å². The highest BCUT2D eigenvalue weighted by Gasteiger charge is 2.33. The second-order valence-corrected chi connectivity index (χ2v) is 15.2. The summed E-state index contributed by atoms with van der Waals surface area (Å²) < 4.78 is 4.43. The highest BCUT2D eigenvalue weighted by molar-refractivity contribution is 6.35. The van der Waals surface area contributed by atoms with Crippen LogP contribution in [0.15, 0.2) is 159 Å². The second kappa shape index (κ2) is 11.9. The Labute approximate surface area is 341 Å². The molecule has 13 rings (SSSR count). The molecule has 0 atom stereocenters. The van der Waals surface area contributed by atoms with Gasteiger partial charge in [0, 0.05) is 72.8 Å². The van der Waals surface area contributed by atoms with Crippen molar-refractivity contribution in [1.82, 2.24) is 29.1 Å². The van der Waals surface area contributed by atoms with Crippen LogP contribution in [0.25, 0.3) is 125 Å². The van der Waals surface area contributed by atoms with Crippen LogP contribution in [0.4, 0.5) is 5.69 Å². The van der Waals surface area contributed by atoms with E-state index in [1.54, 1.807) is 6.33 Å². The van der Waals surface area contributed by atoms with Crippen LogP contribution in [0.3, 0.4) is 0 Å². The number of rotatable bonds is 4. The van der Waals surface area contributed by atoms with Crippen molar-refractivity contribution < 1.29 is 0 Å². The minimum Gasteiger partial charge on any atom is -0.315 e. The Balaban J connectivity index is 1.33. The molecular formula is C52H26N8. The molecule has 5 heterocycles. The van der Waals surface area contributed by atoms with Gasteiger partial charge >= 0.3 is 0 Å². The summed E-state index contributed by atoms with van der Waals surface area (Å²) in [5, 5.41) is 23.1. The molecule has 0 unspecified atom stereocenters. The Bertz CT molecular complexity index is 3620. The lowest BCUT2D eigenvalue weighted by molar-refractivity contribution is 1.13. The second-order valence-electron chi connectivity index (χ2n) is 15.2. The van der Waals surface area contributed by atoms with E-state index in [4.69, 9.17) is 21.5 Å². The molecule has 0 N–H and O–H groups in total. The average Bonchev–Trinajstić information content (AvgIpc) is 3.84. The molecule has 0 radical (unpaired) electrons. The summed E-state index contributed by atoms with van der Waals surface area (Å²) in [6.07, 6.45) is 11.2. The lowest BCUT2D eigenvalue weighted by Gasteiger charge is -2.25. The van der Waals surface area contributed by atoms with E-state index in [1.165, 1.54) is 0 Å². The summed E-state index contributed by atoms with van der Waals surface area (Å²) >= 11 is 0. The van der Waals surface area contributed by atoms with E-state index in [0.29, 0.717) is 28.2 Å². The van der Waals surface area contributed by atoms with E-state index < -0.39 is 0 Å². The van der Waals surface area contributed by atoms with E-state index in [-0.39, 0.29) is 0 Å². The number of hydrogen-bond acceptors (Lipinski definition) is 5. The topological polar surface area (TPSA) is 89.6 Å². The van der Waals surface area contributed by atoms with Gasteiger partial charge in [0.2, 0.25) is 5.69 Å². The summed E-state index contributed by atoms with van der Waals surface area (Å²) in [7, 11) is 0. The van der Waals surface area contributed by atoms with E-state index >= 15 is 0 Å². The van der Waals surface area contributed by atoms with E-state index in [9.17, 15) is 5.26 Å². The van der Waals surface area contributed by atoms with Gasteiger partial charge in [-0.15, -0.1) is 0 Å². The summed E-state index contributed by atoms with van der Waals surface area (Å²) in [4.78, 5) is 23.4. The standard InChI is InChI=1S/C52H26N8/c1-54-50-43(29-12-4-2-5-13-29)35(22-53)51(59-39-20-10-18-33-38-25-57-28-58-49(38)34-19-11-21-40(59)46(34)45(33)39)44(30-14-6-3-7-15-30)52(50)60-41-26-55-23-36-31-16-8-9-17-32(31)37-24-56-27-42(60)48(37)47(36)41/h2-21,23-28H. The van der Waals surface area contributed by atoms with Gasteiger partial charge < -0.3 is 9.13 Å². The third-order valence-corrected chi connectivity index (χ3v) is 12.4. The van der Waals surface area contributed by atoms with Crippen molar-refractivity contribution in [1.29, 1.82) is 5.26 Å². The van der Waals surface area contributed by atoms with Crippen LogP contribution in [0.2, 0.25) is 0 Å². The highest BCUT2D eigenvalue weighted by Crippen LogP contribution is 2.54. The first kappa shape index (κ1) is 32.4. The van der Waals surface area contributed by atoms with Crippen molar-refractivity contribution in [2.75, 3.05) is 0 Å². The average molecular weight is 763 g/mol. The molecule has 60 heavy (non-hydrogen) atoms. The number of nitriles is 1. The predicted molar refractivity (Wildman–Crippen MR) is 241 cm³/mol. The first-order chi connectivity index (χ1) is 29.8. The van der Waals surface area contributed by atoms with Crippen molar-refractivity contribution in [3.8, 4) is 39.7 Å². The van der Waals surface area contributed by atoms with Crippen LogP contribution in [-0.4, -0.2) is 29.1 Å². The van der Waals surface area contributed by atoms with Crippen molar-refractivity contribution in [2.45, 2.75) is 0 Å². The summed E-state index contributed by atoms with van der Waals surface area (Å²) in [5.74, 6) is 0.